The van der Waals surface area contributed by atoms with Gasteiger partial charge >= 0.3 is 5.97 Å². The quantitative estimate of drug-likeness (QED) is 0.346. The lowest BCUT2D eigenvalue weighted by Crippen LogP contribution is -2.30. The average molecular weight is 406 g/mol. The second-order valence-corrected chi connectivity index (χ2v) is 6.17. The molecule has 0 saturated heterocycles. The third-order valence-corrected chi connectivity index (χ3v) is 4.04. The fourth-order valence-corrected chi connectivity index (χ4v) is 2.56. The van der Waals surface area contributed by atoms with Gasteiger partial charge in [-0.1, -0.05) is 42.5 Å². The van der Waals surface area contributed by atoms with Crippen molar-refractivity contribution in [1.82, 2.24) is 5.32 Å². The van der Waals surface area contributed by atoms with Crippen LogP contribution in [0.2, 0.25) is 0 Å². The topological polar surface area (TPSA) is 108 Å². The van der Waals surface area contributed by atoms with Crippen LogP contribution in [0.5, 0.6) is 11.5 Å². The lowest BCUT2D eigenvalue weighted by Gasteiger charge is -2.12. The smallest absolute Gasteiger partial charge is 0.325 e. The van der Waals surface area contributed by atoms with Gasteiger partial charge in [-0.2, -0.15) is 0 Å². The Kier molecular flexibility index (Phi) is 6.73. The van der Waals surface area contributed by atoms with Gasteiger partial charge in [0.2, 0.25) is 0 Å². The van der Waals surface area contributed by atoms with Crippen LogP contribution >= 0.6 is 0 Å². The minimum Gasteiger partial charge on any atom is -0.459 e. The summed E-state index contributed by atoms with van der Waals surface area (Å²) in [6, 6.07) is 21.6. The fourth-order valence-electron chi connectivity index (χ4n) is 2.56. The Hall–Kier alpha value is -4.20. The van der Waals surface area contributed by atoms with E-state index in [1.165, 1.54) is 18.2 Å². The summed E-state index contributed by atoms with van der Waals surface area (Å²) >= 11 is 0. The van der Waals surface area contributed by atoms with Crippen LogP contribution in [-0.4, -0.2) is 23.3 Å². The van der Waals surface area contributed by atoms with Gasteiger partial charge in [0.15, 0.2) is 0 Å². The van der Waals surface area contributed by atoms with E-state index in [0.29, 0.717) is 17.1 Å². The lowest BCUT2D eigenvalue weighted by atomic mass is 10.2. The summed E-state index contributed by atoms with van der Waals surface area (Å²) in [7, 11) is 0. The molecule has 0 radical (unpaired) electrons. The van der Waals surface area contributed by atoms with Crippen LogP contribution in [0.1, 0.15) is 15.9 Å². The Morgan fingerprint density at radius 2 is 1.67 bits per heavy atom. The number of nitro groups is 1. The summed E-state index contributed by atoms with van der Waals surface area (Å²) in [6.45, 7) is -0.405. The van der Waals surface area contributed by atoms with Crippen LogP contribution in [0.25, 0.3) is 0 Å². The van der Waals surface area contributed by atoms with Crippen LogP contribution in [-0.2, 0) is 16.1 Å². The van der Waals surface area contributed by atoms with Gasteiger partial charge in [0.1, 0.15) is 24.7 Å². The SMILES string of the molecule is O=C(CNC(=O)c1cccc([N+](=O)[O-])c1)OCc1ccccc1Oc1ccccc1. The normalized spacial score (nSPS) is 10.1. The van der Waals surface area contributed by atoms with Crippen molar-refractivity contribution in [3.8, 4) is 11.5 Å². The second-order valence-electron chi connectivity index (χ2n) is 6.17. The number of hydrogen-bond donors (Lipinski definition) is 1. The number of ether oxygens (including phenoxy) is 2. The molecule has 1 N–H and O–H groups in total. The predicted octanol–water partition coefficient (Wildman–Crippen LogP) is 3.86. The molecule has 0 bridgehead atoms. The second kappa shape index (κ2) is 9.83. The number of rotatable bonds is 8. The van der Waals surface area contributed by atoms with Crippen molar-refractivity contribution < 1.29 is 24.0 Å². The van der Waals surface area contributed by atoms with Crippen molar-refractivity contribution in [2.24, 2.45) is 0 Å². The Bertz CT molecular complexity index is 1050. The van der Waals surface area contributed by atoms with Crippen molar-refractivity contribution >= 4 is 17.6 Å². The molecule has 0 spiro atoms. The monoisotopic (exact) mass is 406 g/mol. The number of esters is 1. The Morgan fingerprint density at radius 3 is 2.43 bits per heavy atom. The summed E-state index contributed by atoms with van der Waals surface area (Å²) in [5.74, 6) is -0.0515. The fraction of sp³-hybridized carbons (Fsp3) is 0.0909. The molecule has 8 heteroatoms. The maximum atomic E-state index is 12.1. The number of amides is 1. The number of para-hydroxylation sites is 2. The molecule has 3 aromatic rings. The molecule has 0 aliphatic heterocycles. The Labute approximate surface area is 172 Å². The summed E-state index contributed by atoms with van der Waals surface area (Å²) < 4.78 is 11.0. The Balaban J connectivity index is 1.53. The van der Waals surface area contributed by atoms with E-state index in [4.69, 9.17) is 9.47 Å². The highest BCUT2D eigenvalue weighted by Crippen LogP contribution is 2.25. The van der Waals surface area contributed by atoms with Crippen LogP contribution in [0.15, 0.2) is 78.9 Å². The molecule has 0 fully saturated rings. The van der Waals surface area contributed by atoms with E-state index >= 15 is 0 Å². The van der Waals surface area contributed by atoms with Crippen LogP contribution < -0.4 is 10.1 Å². The van der Waals surface area contributed by atoms with Gasteiger partial charge in [-0.05, 0) is 24.3 Å². The van der Waals surface area contributed by atoms with Gasteiger partial charge in [-0.25, -0.2) is 0 Å². The maximum absolute atomic E-state index is 12.1. The molecular weight excluding hydrogens is 388 g/mol. The van der Waals surface area contributed by atoms with Gasteiger partial charge in [-0.15, -0.1) is 0 Å². The van der Waals surface area contributed by atoms with Crippen LogP contribution in [0.4, 0.5) is 5.69 Å². The number of carbonyl (C=O) groups is 2. The van der Waals surface area contributed by atoms with E-state index in [2.05, 4.69) is 5.32 Å². The van der Waals surface area contributed by atoms with E-state index in [1.54, 1.807) is 18.2 Å². The molecule has 0 heterocycles. The number of benzene rings is 3. The minimum absolute atomic E-state index is 0.0332. The zero-order valence-corrected chi connectivity index (χ0v) is 15.8. The highest BCUT2D eigenvalue weighted by molar-refractivity contribution is 5.96. The zero-order chi connectivity index (χ0) is 21.3. The number of non-ortho nitro benzene ring substituents is 1. The predicted molar refractivity (Wildman–Crippen MR) is 108 cm³/mol. The third-order valence-electron chi connectivity index (χ3n) is 4.04. The van der Waals surface area contributed by atoms with E-state index in [1.807, 2.05) is 36.4 Å². The first-order chi connectivity index (χ1) is 14.5. The molecule has 30 heavy (non-hydrogen) atoms. The highest BCUT2D eigenvalue weighted by atomic mass is 16.6. The zero-order valence-electron chi connectivity index (χ0n) is 15.8. The first-order valence-corrected chi connectivity index (χ1v) is 9.02. The maximum Gasteiger partial charge on any atom is 0.325 e. The van der Waals surface area contributed by atoms with E-state index < -0.39 is 16.8 Å². The van der Waals surface area contributed by atoms with Gasteiger partial charge < -0.3 is 14.8 Å². The van der Waals surface area contributed by atoms with Crippen molar-refractivity contribution in [1.29, 1.82) is 0 Å². The summed E-state index contributed by atoms with van der Waals surface area (Å²) in [6.07, 6.45) is 0. The van der Waals surface area contributed by atoms with Crippen LogP contribution in [0.3, 0.4) is 0 Å². The van der Waals surface area contributed by atoms with E-state index in [0.717, 1.165) is 6.07 Å². The first-order valence-electron chi connectivity index (χ1n) is 9.02. The number of nitrogens with zero attached hydrogens (tertiary/aromatic N) is 1. The molecule has 3 rings (SSSR count). The van der Waals surface area contributed by atoms with Crippen LogP contribution in [0, 0.1) is 10.1 Å². The standard InChI is InChI=1S/C22H18N2O6/c25-21(14-23-22(26)16-8-6-9-18(13-16)24(27)28)29-15-17-7-4-5-12-20(17)30-19-10-2-1-3-11-19/h1-13H,14-15H2,(H,23,26). The summed E-state index contributed by atoms with van der Waals surface area (Å²) in [5, 5.41) is 13.2. The van der Waals surface area contributed by atoms with Crippen molar-refractivity contribution in [2.75, 3.05) is 6.54 Å². The van der Waals surface area contributed by atoms with E-state index in [-0.39, 0.29) is 24.4 Å². The number of carbonyl (C=O) groups excluding carboxylic acids is 2. The van der Waals surface area contributed by atoms with Crippen molar-refractivity contribution in [2.45, 2.75) is 6.61 Å². The molecule has 1 amide bonds. The Morgan fingerprint density at radius 1 is 0.933 bits per heavy atom. The van der Waals surface area contributed by atoms with Crippen molar-refractivity contribution in [3.05, 3.63) is 100 Å². The minimum atomic E-state index is -0.650. The molecular formula is C22H18N2O6. The van der Waals surface area contributed by atoms with E-state index in [9.17, 15) is 19.7 Å². The summed E-state index contributed by atoms with van der Waals surface area (Å²) in [4.78, 5) is 34.3. The molecule has 3 aromatic carbocycles. The van der Waals surface area contributed by atoms with Gasteiger partial charge in [0.05, 0.1) is 4.92 Å². The van der Waals surface area contributed by atoms with Crippen molar-refractivity contribution in [3.63, 3.8) is 0 Å². The molecule has 8 nitrogen and oxygen atoms in total. The van der Waals surface area contributed by atoms with Gasteiger partial charge in [0, 0.05) is 23.3 Å². The number of nitro benzene ring substituents is 1. The molecule has 0 aliphatic rings. The first kappa shape index (κ1) is 20.5. The van der Waals surface area contributed by atoms with Gasteiger partial charge in [-0.3, -0.25) is 19.7 Å². The van der Waals surface area contributed by atoms with Gasteiger partial charge in [0.25, 0.3) is 11.6 Å². The number of hydrogen-bond acceptors (Lipinski definition) is 6. The third kappa shape index (κ3) is 5.65. The average Bonchev–Trinajstić information content (AvgIpc) is 2.77. The number of nitrogens with one attached hydrogen (secondary N) is 1. The largest absolute Gasteiger partial charge is 0.459 e. The molecule has 0 saturated carbocycles. The summed E-state index contributed by atoms with van der Waals surface area (Å²) in [5.41, 5.74) is 0.540. The molecule has 0 aliphatic carbocycles. The molecule has 0 unspecified atom stereocenters. The lowest BCUT2D eigenvalue weighted by molar-refractivity contribution is -0.384. The molecule has 152 valence electrons. The molecule has 0 atom stereocenters. The molecule has 0 aromatic heterocycles. The highest BCUT2D eigenvalue weighted by Gasteiger charge is 2.13.